The van der Waals surface area contributed by atoms with Crippen molar-refractivity contribution in [3.8, 4) is 5.88 Å². The number of rotatable bonds is 4. The van der Waals surface area contributed by atoms with Gasteiger partial charge in [0.25, 0.3) is 0 Å². The van der Waals surface area contributed by atoms with Crippen molar-refractivity contribution in [2.45, 2.75) is 13.8 Å². The average Bonchev–Trinajstić information content (AvgIpc) is 2.38. The molecule has 4 nitrogen and oxygen atoms in total. The number of aromatic nitrogens is 1. The van der Waals surface area contributed by atoms with Crippen LogP contribution in [0.1, 0.15) is 12.5 Å². The maximum atomic E-state index is 13.6. The Bertz CT molecular complexity index is 587. The van der Waals surface area contributed by atoms with E-state index in [0.717, 1.165) is 5.56 Å². The molecule has 0 saturated heterocycles. The number of anilines is 3. The first-order valence-electron chi connectivity index (χ1n) is 6.02. The van der Waals surface area contributed by atoms with Gasteiger partial charge in [0.2, 0.25) is 5.88 Å². The zero-order valence-electron chi connectivity index (χ0n) is 10.9. The molecule has 0 fully saturated rings. The minimum atomic E-state index is -0.331. The molecular weight excluding hydrogens is 245 g/mol. The van der Waals surface area contributed by atoms with Gasteiger partial charge in [-0.15, -0.1) is 0 Å². The van der Waals surface area contributed by atoms with Crippen molar-refractivity contribution in [1.29, 1.82) is 0 Å². The standard InChI is InChI=1S/C14H16FN3O/c1-3-19-14-11(16)6-7-13(18-14)17-12-8-9(2)4-5-10(12)15/h4-8H,3,16H2,1-2H3,(H,17,18). The topological polar surface area (TPSA) is 60.2 Å². The van der Waals surface area contributed by atoms with Crippen molar-refractivity contribution in [3.63, 3.8) is 0 Å². The summed E-state index contributed by atoms with van der Waals surface area (Å²) in [5.41, 5.74) is 7.53. The zero-order valence-corrected chi connectivity index (χ0v) is 10.9. The molecule has 1 aromatic carbocycles. The van der Waals surface area contributed by atoms with Gasteiger partial charge in [-0.2, -0.15) is 4.98 Å². The van der Waals surface area contributed by atoms with E-state index in [1.165, 1.54) is 6.07 Å². The number of aryl methyl sites for hydroxylation is 1. The summed E-state index contributed by atoms with van der Waals surface area (Å²) in [6.45, 7) is 4.22. The molecule has 1 aromatic heterocycles. The van der Waals surface area contributed by atoms with E-state index in [9.17, 15) is 4.39 Å². The van der Waals surface area contributed by atoms with E-state index in [2.05, 4.69) is 10.3 Å². The van der Waals surface area contributed by atoms with Crippen LogP contribution < -0.4 is 15.8 Å². The summed E-state index contributed by atoms with van der Waals surface area (Å²) in [5.74, 6) is 0.505. The smallest absolute Gasteiger partial charge is 0.239 e. The third-order valence-electron chi connectivity index (χ3n) is 2.56. The van der Waals surface area contributed by atoms with Gasteiger partial charge < -0.3 is 15.8 Å². The van der Waals surface area contributed by atoms with Gasteiger partial charge in [0.1, 0.15) is 11.6 Å². The first kappa shape index (κ1) is 13.1. The molecule has 0 saturated carbocycles. The summed E-state index contributed by atoms with van der Waals surface area (Å²) >= 11 is 0. The second-order valence-corrected chi connectivity index (χ2v) is 4.13. The lowest BCUT2D eigenvalue weighted by Crippen LogP contribution is -2.02. The van der Waals surface area contributed by atoms with Gasteiger partial charge in [-0.05, 0) is 43.7 Å². The van der Waals surface area contributed by atoms with E-state index < -0.39 is 0 Å². The second-order valence-electron chi connectivity index (χ2n) is 4.13. The summed E-state index contributed by atoms with van der Waals surface area (Å²) in [6.07, 6.45) is 0. The van der Waals surface area contributed by atoms with Crippen LogP contribution in [0.4, 0.5) is 21.6 Å². The van der Waals surface area contributed by atoms with Crippen molar-refractivity contribution in [3.05, 3.63) is 41.7 Å². The summed E-state index contributed by atoms with van der Waals surface area (Å²) < 4.78 is 18.9. The van der Waals surface area contributed by atoms with Gasteiger partial charge in [0.05, 0.1) is 18.0 Å². The van der Waals surface area contributed by atoms with Crippen LogP contribution in [0.5, 0.6) is 5.88 Å². The number of pyridine rings is 1. The van der Waals surface area contributed by atoms with E-state index in [-0.39, 0.29) is 5.82 Å². The Labute approximate surface area is 111 Å². The Morgan fingerprint density at radius 3 is 2.84 bits per heavy atom. The molecule has 0 aliphatic heterocycles. The normalized spacial score (nSPS) is 10.3. The third-order valence-corrected chi connectivity index (χ3v) is 2.56. The van der Waals surface area contributed by atoms with Gasteiger partial charge in [-0.1, -0.05) is 6.07 Å². The number of halogens is 1. The first-order valence-corrected chi connectivity index (χ1v) is 6.02. The number of nitrogens with one attached hydrogen (secondary N) is 1. The molecule has 19 heavy (non-hydrogen) atoms. The molecule has 3 N–H and O–H groups in total. The Kier molecular flexibility index (Phi) is 3.85. The Morgan fingerprint density at radius 1 is 1.32 bits per heavy atom. The molecular formula is C14H16FN3O. The highest BCUT2D eigenvalue weighted by Gasteiger charge is 2.07. The lowest BCUT2D eigenvalue weighted by atomic mass is 10.2. The molecule has 0 spiro atoms. The SMILES string of the molecule is CCOc1nc(Nc2cc(C)ccc2F)ccc1N. The predicted molar refractivity (Wildman–Crippen MR) is 74.2 cm³/mol. The highest BCUT2D eigenvalue weighted by Crippen LogP contribution is 2.24. The quantitative estimate of drug-likeness (QED) is 0.886. The lowest BCUT2D eigenvalue weighted by Gasteiger charge is -2.10. The van der Waals surface area contributed by atoms with Crippen molar-refractivity contribution in [2.75, 3.05) is 17.7 Å². The Hall–Kier alpha value is -2.30. The van der Waals surface area contributed by atoms with Crippen LogP contribution in [0.25, 0.3) is 0 Å². The van der Waals surface area contributed by atoms with E-state index in [0.29, 0.717) is 29.7 Å². The number of nitrogens with two attached hydrogens (primary N) is 1. The Balaban J connectivity index is 2.28. The van der Waals surface area contributed by atoms with Crippen LogP contribution >= 0.6 is 0 Å². The van der Waals surface area contributed by atoms with Crippen LogP contribution in [0.3, 0.4) is 0 Å². The van der Waals surface area contributed by atoms with E-state index in [1.54, 1.807) is 24.3 Å². The van der Waals surface area contributed by atoms with Crippen LogP contribution in [-0.4, -0.2) is 11.6 Å². The van der Waals surface area contributed by atoms with Crippen molar-refractivity contribution >= 4 is 17.2 Å². The Morgan fingerprint density at radius 2 is 2.11 bits per heavy atom. The van der Waals surface area contributed by atoms with E-state index >= 15 is 0 Å². The predicted octanol–water partition coefficient (Wildman–Crippen LogP) is 3.25. The molecule has 0 amide bonds. The molecule has 2 aromatic rings. The summed E-state index contributed by atoms with van der Waals surface area (Å²) in [5, 5.41) is 2.92. The number of hydrogen-bond donors (Lipinski definition) is 2. The molecule has 0 aliphatic rings. The number of hydrogen-bond acceptors (Lipinski definition) is 4. The highest BCUT2D eigenvalue weighted by atomic mass is 19.1. The molecule has 2 rings (SSSR count). The average molecular weight is 261 g/mol. The largest absolute Gasteiger partial charge is 0.476 e. The molecule has 100 valence electrons. The zero-order chi connectivity index (χ0) is 13.8. The number of nitrogens with zero attached hydrogens (tertiary/aromatic N) is 1. The maximum Gasteiger partial charge on any atom is 0.239 e. The fraction of sp³-hybridized carbons (Fsp3) is 0.214. The molecule has 0 aliphatic carbocycles. The maximum absolute atomic E-state index is 13.6. The van der Waals surface area contributed by atoms with Crippen LogP contribution in [0.15, 0.2) is 30.3 Å². The van der Waals surface area contributed by atoms with Crippen molar-refractivity contribution in [1.82, 2.24) is 4.98 Å². The molecule has 0 bridgehead atoms. The summed E-state index contributed by atoms with van der Waals surface area (Å²) in [7, 11) is 0. The number of benzene rings is 1. The molecule has 0 atom stereocenters. The van der Waals surface area contributed by atoms with Gasteiger partial charge in [0, 0.05) is 0 Å². The van der Waals surface area contributed by atoms with E-state index in [4.69, 9.17) is 10.5 Å². The fourth-order valence-corrected chi connectivity index (χ4v) is 1.65. The number of nitrogen functional groups attached to an aromatic ring is 1. The first-order chi connectivity index (χ1) is 9.10. The van der Waals surface area contributed by atoms with Crippen LogP contribution in [0.2, 0.25) is 0 Å². The lowest BCUT2D eigenvalue weighted by molar-refractivity contribution is 0.329. The summed E-state index contributed by atoms with van der Waals surface area (Å²) in [4.78, 5) is 4.20. The monoisotopic (exact) mass is 261 g/mol. The van der Waals surface area contributed by atoms with Gasteiger partial charge >= 0.3 is 0 Å². The molecule has 0 radical (unpaired) electrons. The minimum absolute atomic E-state index is 0.331. The number of ether oxygens (including phenoxy) is 1. The van der Waals surface area contributed by atoms with Gasteiger partial charge in [-0.3, -0.25) is 0 Å². The fourth-order valence-electron chi connectivity index (χ4n) is 1.65. The van der Waals surface area contributed by atoms with Gasteiger partial charge in [0.15, 0.2) is 0 Å². The molecule has 1 heterocycles. The minimum Gasteiger partial charge on any atom is -0.476 e. The van der Waals surface area contributed by atoms with Crippen molar-refractivity contribution < 1.29 is 9.13 Å². The molecule has 0 unspecified atom stereocenters. The third kappa shape index (κ3) is 3.13. The van der Waals surface area contributed by atoms with Crippen molar-refractivity contribution in [2.24, 2.45) is 0 Å². The van der Waals surface area contributed by atoms with Crippen LogP contribution in [0, 0.1) is 12.7 Å². The summed E-state index contributed by atoms with van der Waals surface area (Å²) in [6, 6.07) is 8.20. The highest BCUT2D eigenvalue weighted by molar-refractivity contribution is 5.61. The van der Waals surface area contributed by atoms with E-state index in [1.807, 2.05) is 13.8 Å². The molecule has 5 heteroatoms. The second kappa shape index (κ2) is 5.56. The van der Waals surface area contributed by atoms with Crippen LogP contribution in [-0.2, 0) is 0 Å². The van der Waals surface area contributed by atoms with Gasteiger partial charge in [-0.25, -0.2) is 4.39 Å².